The van der Waals surface area contributed by atoms with Crippen LogP contribution in [0.3, 0.4) is 0 Å². The topological polar surface area (TPSA) is 154 Å². The molecule has 0 radical (unpaired) electrons. The number of anilines is 1. The summed E-state index contributed by atoms with van der Waals surface area (Å²) in [7, 11) is -2.77. The number of sulfonamides is 1. The van der Waals surface area contributed by atoms with E-state index in [-0.39, 0.29) is 41.0 Å². The van der Waals surface area contributed by atoms with Crippen molar-refractivity contribution in [1.29, 1.82) is 0 Å². The van der Waals surface area contributed by atoms with Gasteiger partial charge in [-0.15, -0.1) is 0 Å². The molecule has 3 rings (SSSR count). The Balaban J connectivity index is 1.80. The summed E-state index contributed by atoms with van der Waals surface area (Å²) in [6.07, 6.45) is 1.14. The molecule has 0 bridgehead atoms. The highest BCUT2D eigenvalue weighted by molar-refractivity contribution is 7.90. The van der Waals surface area contributed by atoms with E-state index in [4.69, 9.17) is 9.47 Å². The number of aromatic nitrogens is 3. The minimum absolute atomic E-state index is 0.0119. The van der Waals surface area contributed by atoms with E-state index in [0.29, 0.717) is 30.4 Å². The standard InChI is InChI=1S/C22H32N6O6S/c1-12(2)16-7-18(33-6)25-19(13(3)4)20(16)26-22(30)27-35(31,32)17-9-24-28-10-15(8-23-14(5)29)11-34-21(17)28/h7,9,12-13,15H,8,10-11H2,1-6H3,(H,23,29)(H2,26,27,30). The largest absolute Gasteiger partial charge is 0.481 e. The normalized spacial score (nSPS) is 15.4. The zero-order chi connectivity index (χ0) is 25.9. The Hall–Kier alpha value is -3.35. The number of rotatable bonds is 8. The first-order chi connectivity index (χ1) is 16.4. The number of carbonyl (C=O) groups excluding carboxylic acids is 2. The highest BCUT2D eigenvalue weighted by atomic mass is 32.2. The monoisotopic (exact) mass is 508 g/mol. The van der Waals surface area contributed by atoms with Crippen molar-refractivity contribution in [3.05, 3.63) is 23.5 Å². The average Bonchev–Trinajstić information content (AvgIpc) is 3.21. The summed E-state index contributed by atoms with van der Waals surface area (Å²) in [6, 6.07) is 0.792. The molecule has 192 valence electrons. The maximum absolute atomic E-state index is 13.0. The van der Waals surface area contributed by atoms with Crippen LogP contribution in [0.1, 0.15) is 57.7 Å². The lowest BCUT2D eigenvalue weighted by Crippen LogP contribution is -2.37. The number of methoxy groups -OCH3 is 1. The van der Waals surface area contributed by atoms with Crippen molar-refractivity contribution in [2.75, 3.05) is 25.6 Å². The summed E-state index contributed by atoms with van der Waals surface area (Å²) < 4.78 is 40.4. The second-order valence-corrected chi connectivity index (χ2v) is 10.6. The number of ether oxygens (including phenoxy) is 2. The highest BCUT2D eigenvalue weighted by Crippen LogP contribution is 2.34. The maximum atomic E-state index is 13.0. The zero-order valence-electron chi connectivity index (χ0n) is 20.7. The molecule has 13 heteroatoms. The Morgan fingerprint density at radius 2 is 1.97 bits per heavy atom. The fourth-order valence-corrected chi connectivity index (χ4v) is 4.70. The molecule has 1 atom stereocenters. The predicted molar refractivity (Wildman–Crippen MR) is 128 cm³/mol. The van der Waals surface area contributed by atoms with Gasteiger partial charge in [-0.2, -0.15) is 5.10 Å². The minimum Gasteiger partial charge on any atom is -0.481 e. The van der Waals surface area contributed by atoms with Crippen LogP contribution in [-0.4, -0.2) is 55.4 Å². The van der Waals surface area contributed by atoms with Crippen LogP contribution in [0.2, 0.25) is 0 Å². The molecule has 12 nitrogen and oxygen atoms in total. The Morgan fingerprint density at radius 3 is 2.57 bits per heavy atom. The molecule has 0 aromatic carbocycles. The average molecular weight is 509 g/mol. The molecule has 35 heavy (non-hydrogen) atoms. The van der Waals surface area contributed by atoms with E-state index in [1.165, 1.54) is 18.7 Å². The van der Waals surface area contributed by atoms with E-state index < -0.39 is 16.1 Å². The zero-order valence-corrected chi connectivity index (χ0v) is 21.5. The molecule has 3 amide bonds. The molecule has 3 heterocycles. The molecule has 1 aliphatic rings. The lowest BCUT2D eigenvalue weighted by molar-refractivity contribution is -0.119. The van der Waals surface area contributed by atoms with Gasteiger partial charge < -0.3 is 20.1 Å². The second kappa shape index (κ2) is 10.5. The van der Waals surface area contributed by atoms with Crippen LogP contribution in [0.15, 0.2) is 17.2 Å². The third-order valence-electron chi connectivity index (χ3n) is 5.47. The van der Waals surface area contributed by atoms with Gasteiger partial charge in [0, 0.05) is 25.5 Å². The SMILES string of the molecule is COc1cc(C(C)C)c(NC(=O)NS(=O)(=O)c2cnn3c2OCC(CNC(C)=O)C3)c(C(C)C)n1. The highest BCUT2D eigenvalue weighted by Gasteiger charge is 2.31. The third kappa shape index (κ3) is 6.02. The van der Waals surface area contributed by atoms with Gasteiger partial charge in [-0.1, -0.05) is 27.7 Å². The first-order valence-electron chi connectivity index (χ1n) is 11.3. The Morgan fingerprint density at radius 1 is 1.26 bits per heavy atom. The van der Waals surface area contributed by atoms with Gasteiger partial charge >= 0.3 is 6.03 Å². The maximum Gasteiger partial charge on any atom is 0.333 e. The first kappa shape index (κ1) is 26.3. The van der Waals surface area contributed by atoms with Crippen LogP contribution < -0.4 is 24.8 Å². The number of pyridine rings is 1. The lowest BCUT2D eigenvalue weighted by atomic mass is 9.97. The van der Waals surface area contributed by atoms with E-state index in [0.717, 1.165) is 11.8 Å². The molecule has 2 aromatic rings. The number of nitrogens with zero attached hydrogens (tertiary/aromatic N) is 3. The van der Waals surface area contributed by atoms with Gasteiger partial charge in [-0.3, -0.25) is 4.79 Å². The van der Waals surface area contributed by atoms with Crippen LogP contribution in [0.4, 0.5) is 10.5 Å². The predicted octanol–water partition coefficient (Wildman–Crippen LogP) is 2.19. The van der Waals surface area contributed by atoms with Crippen LogP contribution >= 0.6 is 0 Å². The van der Waals surface area contributed by atoms with Gasteiger partial charge in [-0.05, 0) is 17.4 Å². The second-order valence-electron chi connectivity index (χ2n) is 8.99. The Kier molecular flexibility index (Phi) is 7.88. The molecule has 1 unspecified atom stereocenters. The van der Waals surface area contributed by atoms with E-state index in [9.17, 15) is 18.0 Å². The van der Waals surface area contributed by atoms with Crippen LogP contribution in [0.25, 0.3) is 0 Å². The molecule has 1 aliphatic heterocycles. The van der Waals surface area contributed by atoms with Gasteiger partial charge in [0.15, 0.2) is 4.90 Å². The third-order valence-corrected chi connectivity index (χ3v) is 6.79. The molecular weight excluding hydrogens is 476 g/mol. The van der Waals surface area contributed by atoms with Crippen molar-refractivity contribution in [3.63, 3.8) is 0 Å². The molecule has 2 aromatic heterocycles. The van der Waals surface area contributed by atoms with Gasteiger partial charge in [0.05, 0.1) is 37.8 Å². The lowest BCUT2D eigenvalue weighted by Gasteiger charge is -2.24. The van der Waals surface area contributed by atoms with E-state index in [1.807, 2.05) is 32.4 Å². The minimum atomic E-state index is -4.29. The van der Waals surface area contributed by atoms with E-state index >= 15 is 0 Å². The number of carbonyl (C=O) groups is 2. The number of fused-ring (bicyclic) bond motifs is 1. The summed E-state index contributed by atoms with van der Waals surface area (Å²) in [5, 5.41) is 9.47. The number of nitrogens with one attached hydrogen (secondary N) is 3. The van der Waals surface area contributed by atoms with Crippen LogP contribution in [0, 0.1) is 5.92 Å². The van der Waals surface area contributed by atoms with Crippen molar-refractivity contribution < 1.29 is 27.5 Å². The van der Waals surface area contributed by atoms with E-state index in [1.54, 1.807) is 6.07 Å². The molecule has 0 fully saturated rings. The van der Waals surface area contributed by atoms with Crippen LogP contribution in [-0.2, 0) is 21.4 Å². The number of hydrogen-bond acceptors (Lipinski definition) is 8. The molecule has 0 saturated heterocycles. The quantitative estimate of drug-likeness (QED) is 0.490. The van der Waals surface area contributed by atoms with Crippen LogP contribution in [0.5, 0.6) is 11.8 Å². The Bertz CT molecular complexity index is 1180. The van der Waals surface area contributed by atoms with Crippen molar-refractivity contribution in [2.45, 2.75) is 57.9 Å². The Labute approximate surface area is 204 Å². The smallest absolute Gasteiger partial charge is 0.333 e. The fourth-order valence-electron chi connectivity index (χ4n) is 3.71. The van der Waals surface area contributed by atoms with Gasteiger partial charge in [0.2, 0.25) is 17.7 Å². The molecular formula is C22H32N6O6S. The van der Waals surface area contributed by atoms with Crippen molar-refractivity contribution in [3.8, 4) is 11.8 Å². The number of hydrogen-bond donors (Lipinski definition) is 3. The van der Waals surface area contributed by atoms with Gasteiger partial charge in [0.1, 0.15) is 0 Å². The summed E-state index contributed by atoms with van der Waals surface area (Å²) in [4.78, 5) is 28.2. The van der Waals surface area contributed by atoms with Crippen molar-refractivity contribution >= 4 is 27.6 Å². The first-order valence-corrected chi connectivity index (χ1v) is 12.8. The van der Waals surface area contributed by atoms with Crippen molar-refractivity contribution in [2.24, 2.45) is 5.92 Å². The molecule has 0 aliphatic carbocycles. The van der Waals surface area contributed by atoms with Crippen molar-refractivity contribution in [1.82, 2.24) is 24.8 Å². The summed E-state index contributed by atoms with van der Waals surface area (Å²) >= 11 is 0. The number of urea groups is 1. The number of amides is 3. The molecule has 0 spiro atoms. The molecule has 3 N–H and O–H groups in total. The fraction of sp³-hybridized carbons (Fsp3) is 0.545. The summed E-state index contributed by atoms with van der Waals surface area (Å²) in [6.45, 7) is 10.1. The van der Waals surface area contributed by atoms with Gasteiger partial charge in [0.25, 0.3) is 10.0 Å². The summed E-state index contributed by atoms with van der Waals surface area (Å²) in [5.74, 6) is 0.180. The molecule has 0 saturated carbocycles. The summed E-state index contributed by atoms with van der Waals surface area (Å²) in [5.41, 5.74) is 1.79. The van der Waals surface area contributed by atoms with Gasteiger partial charge in [-0.25, -0.2) is 27.6 Å². The van der Waals surface area contributed by atoms with E-state index in [2.05, 4.69) is 20.7 Å².